The largest absolute Gasteiger partial charge is 0.376 e. The minimum Gasteiger partial charge on any atom is -0.376 e. The molecule has 0 aromatic rings. The lowest BCUT2D eigenvalue weighted by molar-refractivity contribution is 0.0343. The van der Waals surface area contributed by atoms with Gasteiger partial charge < -0.3 is 4.74 Å². The average Bonchev–Trinajstić information content (AvgIpc) is 2.16. The van der Waals surface area contributed by atoms with Gasteiger partial charge in [0.1, 0.15) is 0 Å². The molecule has 0 saturated heterocycles. The van der Waals surface area contributed by atoms with Crippen molar-refractivity contribution in [1.82, 2.24) is 0 Å². The van der Waals surface area contributed by atoms with Crippen LogP contribution in [0.15, 0.2) is 0 Å². The molecule has 0 aromatic heterocycles. The smallest absolute Gasteiger partial charge is 0.156 e. The second-order valence-corrected chi connectivity index (χ2v) is 4.65. The molecule has 0 fully saturated rings. The molecule has 0 heterocycles. The molecular formula is C9H19ClO3S. The van der Waals surface area contributed by atoms with E-state index in [1.54, 1.807) is 0 Å². The highest BCUT2D eigenvalue weighted by molar-refractivity contribution is 7.80. The van der Waals surface area contributed by atoms with Gasteiger partial charge in [-0.05, 0) is 13.3 Å². The molecule has 14 heavy (non-hydrogen) atoms. The number of ether oxygens (including phenoxy) is 1. The summed E-state index contributed by atoms with van der Waals surface area (Å²) in [6, 6.07) is 0. The fourth-order valence-corrected chi connectivity index (χ4v) is 1.74. The quantitative estimate of drug-likeness (QED) is 0.459. The van der Waals surface area contributed by atoms with Gasteiger partial charge in [-0.1, -0.05) is 13.3 Å². The van der Waals surface area contributed by atoms with Crippen LogP contribution in [0.4, 0.5) is 0 Å². The number of unbranched alkanes of at least 4 members (excludes halogenated alkanes) is 1. The van der Waals surface area contributed by atoms with Crippen LogP contribution in [-0.2, 0) is 20.0 Å². The summed E-state index contributed by atoms with van der Waals surface area (Å²) in [5, 5.41) is 0. The highest BCUT2D eigenvalue weighted by Crippen LogP contribution is 1.98. The maximum atomic E-state index is 11.0. The molecule has 0 N–H and O–H groups in total. The molecule has 0 aliphatic rings. The van der Waals surface area contributed by atoms with E-state index < -0.39 is 11.1 Å². The van der Waals surface area contributed by atoms with Gasteiger partial charge in [-0.25, -0.2) is 4.21 Å². The van der Waals surface area contributed by atoms with Crippen LogP contribution in [0.25, 0.3) is 0 Å². The van der Waals surface area contributed by atoms with E-state index in [1.807, 2.05) is 6.92 Å². The molecule has 0 radical (unpaired) electrons. The van der Waals surface area contributed by atoms with Crippen LogP contribution in [0.5, 0.6) is 0 Å². The fraction of sp³-hybridized carbons (Fsp3) is 1.00. The summed E-state index contributed by atoms with van der Waals surface area (Å²) in [5.74, 6) is 0.737. The molecule has 3 nitrogen and oxygen atoms in total. The summed E-state index contributed by atoms with van der Waals surface area (Å²) in [4.78, 5) is 0. The van der Waals surface area contributed by atoms with Crippen LogP contribution in [0.2, 0.25) is 0 Å². The van der Waals surface area contributed by atoms with Crippen molar-refractivity contribution in [3.05, 3.63) is 0 Å². The first-order chi connectivity index (χ1) is 6.70. The molecular weight excluding hydrogens is 224 g/mol. The van der Waals surface area contributed by atoms with E-state index in [4.69, 9.17) is 20.5 Å². The van der Waals surface area contributed by atoms with E-state index in [0.717, 1.165) is 19.4 Å². The van der Waals surface area contributed by atoms with Gasteiger partial charge in [-0.2, -0.15) is 0 Å². The van der Waals surface area contributed by atoms with Crippen molar-refractivity contribution in [1.29, 1.82) is 0 Å². The Bertz CT molecular complexity index is 155. The molecule has 0 saturated carbocycles. The number of rotatable bonds is 9. The van der Waals surface area contributed by atoms with Gasteiger partial charge in [-0.3, -0.25) is 4.18 Å². The summed E-state index contributed by atoms with van der Waals surface area (Å²) in [6.45, 7) is 5.13. The van der Waals surface area contributed by atoms with E-state index in [-0.39, 0.29) is 6.10 Å². The van der Waals surface area contributed by atoms with Crippen molar-refractivity contribution in [2.24, 2.45) is 0 Å². The Morgan fingerprint density at radius 2 is 2.21 bits per heavy atom. The van der Waals surface area contributed by atoms with Crippen molar-refractivity contribution < 1.29 is 13.1 Å². The zero-order valence-corrected chi connectivity index (χ0v) is 10.4. The molecule has 0 rings (SSSR count). The summed E-state index contributed by atoms with van der Waals surface area (Å²) in [7, 11) is 0. The lowest BCUT2D eigenvalue weighted by Crippen LogP contribution is -2.18. The fourth-order valence-electron chi connectivity index (χ4n) is 0.771. The third-order valence-electron chi connectivity index (χ3n) is 1.58. The number of hydrogen-bond acceptors (Lipinski definition) is 3. The number of alkyl halides is 1. The predicted molar refractivity (Wildman–Crippen MR) is 60.0 cm³/mol. The van der Waals surface area contributed by atoms with Crippen LogP contribution in [0.3, 0.4) is 0 Å². The Balaban J connectivity index is 3.33. The van der Waals surface area contributed by atoms with Crippen LogP contribution >= 0.6 is 11.6 Å². The molecule has 0 bridgehead atoms. The zero-order chi connectivity index (χ0) is 10.8. The van der Waals surface area contributed by atoms with E-state index in [9.17, 15) is 4.21 Å². The third kappa shape index (κ3) is 8.94. The Morgan fingerprint density at radius 1 is 1.50 bits per heavy atom. The van der Waals surface area contributed by atoms with E-state index in [0.29, 0.717) is 18.2 Å². The molecule has 2 atom stereocenters. The Hall–Kier alpha value is 0.360. The van der Waals surface area contributed by atoms with E-state index in [2.05, 4.69) is 6.92 Å². The Labute approximate surface area is 93.8 Å². The Morgan fingerprint density at radius 3 is 2.79 bits per heavy atom. The second-order valence-electron chi connectivity index (χ2n) is 3.02. The molecule has 0 amide bonds. The lowest BCUT2D eigenvalue weighted by Gasteiger charge is -2.11. The number of hydrogen-bond donors (Lipinski definition) is 0. The minimum absolute atomic E-state index is 0.000764. The first kappa shape index (κ1) is 14.4. The van der Waals surface area contributed by atoms with Crippen LogP contribution in [0.1, 0.15) is 26.7 Å². The zero-order valence-electron chi connectivity index (χ0n) is 8.83. The number of halogens is 1. The molecule has 2 unspecified atom stereocenters. The van der Waals surface area contributed by atoms with Crippen molar-refractivity contribution in [2.75, 3.05) is 24.8 Å². The van der Waals surface area contributed by atoms with Gasteiger partial charge in [0, 0.05) is 12.5 Å². The normalized spacial score (nSPS) is 15.4. The topological polar surface area (TPSA) is 35.5 Å². The Kier molecular flexibility index (Phi) is 10.2. The van der Waals surface area contributed by atoms with E-state index in [1.165, 1.54) is 0 Å². The second kappa shape index (κ2) is 9.90. The van der Waals surface area contributed by atoms with Gasteiger partial charge in [0.25, 0.3) is 0 Å². The maximum absolute atomic E-state index is 11.0. The molecule has 0 aliphatic carbocycles. The molecule has 86 valence electrons. The van der Waals surface area contributed by atoms with Crippen LogP contribution < -0.4 is 0 Å². The van der Waals surface area contributed by atoms with Crippen LogP contribution in [0, 0.1) is 0 Å². The van der Waals surface area contributed by atoms with Crippen molar-refractivity contribution in [2.45, 2.75) is 32.8 Å². The van der Waals surface area contributed by atoms with Gasteiger partial charge >= 0.3 is 0 Å². The predicted octanol–water partition coefficient (Wildman–Crippen LogP) is 2.11. The highest BCUT2D eigenvalue weighted by Gasteiger charge is 2.05. The van der Waals surface area contributed by atoms with Gasteiger partial charge in [0.15, 0.2) is 11.1 Å². The highest BCUT2D eigenvalue weighted by atomic mass is 35.5. The first-order valence-corrected chi connectivity index (χ1v) is 6.67. The molecule has 0 aromatic carbocycles. The van der Waals surface area contributed by atoms with Crippen molar-refractivity contribution >= 4 is 22.7 Å². The van der Waals surface area contributed by atoms with E-state index >= 15 is 0 Å². The van der Waals surface area contributed by atoms with Crippen molar-refractivity contribution in [3.8, 4) is 0 Å². The van der Waals surface area contributed by atoms with Crippen molar-refractivity contribution in [3.63, 3.8) is 0 Å². The molecule has 5 heteroatoms. The van der Waals surface area contributed by atoms with Gasteiger partial charge in [0.05, 0.1) is 18.5 Å². The SMILES string of the molecule is CCCCOC(C)COS(=O)CCCl. The average molecular weight is 243 g/mol. The van der Waals surface area contributed by atoms with Gasteiger partial charge in [0.2, 0.25) is 0 Å². The summed E-state index contributed by atoms with van der Waals surface area (Å²) < 4.78 is 21.5. The molecule has 0 aliphatic heterocycles. The van der Waals surface area contributed by atoms with Gasteiger partial charge in [-0.15, -0.1) is 11.6 Å². The molecule has 0 spiro atoms. The maximum Gasteiger partial charge on any atom is 0.156 e. The standard InChI is InChI=1S/C9H19ClO3S/c1-3-4-6-12-9(2)8-13-14(11)7-5-10/h9H,3-8H2,1-2H3. The summed E-state index contributed by atoms with van der Waals surface area (Å²) in [5.41, 5.74) is 0. The lowest BCUT2D eigenvalue weighted by atomic mass is 10.3. The van der Waals surface area contributed by atoms with Crippen LogP contribution in [-0.4, -0.2) is 35.2 Å². The first-order valence-electron chi connectivity index (χ1n) is 4.90. The summed E-state index contributed by atoms with van der Waals surface area (Å²) in [6.07, 6.45) is 2.17. The summed E-state index contributed by atoms with van der Waals surface area (Å²) >= 11 is 4.15. The minimum atomic E-state index is -1.26. The third-order valence-corrected chi connectivity index (χ3v) is 2.93. The monoisotopic (exact) mass is 242 g/mol.